The number of anilines is 1. The predicted molar refractivity (Wildman–Crippen MR) is 74.1 cm³/mol. The van der Waals surface area contributed by atoms with Crippen LogP contribution in [0.1, 0.15) is 0 Å². The van der Waals surface area contributed by atoms with Crippen molar-refractivity contribution in [2.45, 2.75) is 0 Å². The molecular weight excluding hydrogens is 244 g/mol. The number of hydrogen-bond acceptors (Lipinski definition) is 4. The predicted octanol–water partition coefficient (Wildman–Crippen LogP) is 3.38. The largest absolute Gasteiger partial charge is 0.306 e. The van der Waals surface area contributed by atoms with Gasteiger partial charge in [0.2, 0.25) is 0 Å². The van der Waals surface area contributed by atoms with Gasteiger partial charge in [-0.1, -0.05) is 47.4 Å². The van der Waals surface area contributed by atoms with Crippen LogP contribution in [0, 0.1) is 0 Å². The van der Waals surface area contributed by atoms with Crippen LogP contribution >= 0.6 is 35.3 Å². The maximum absolute atomic E-state index is 5.22. The van der Waals surface area contributed by atoms with Crippen molar-refractivity contribution in [1.82, 2.24) is 4.98 Å². The van der Waals surface area contributed by atoms with Gasteiger partial charge in [0, 0.05) is 7.05 Å². The lowest BCUT2D eigenvalue weighted by Crippen LogP contribution is -2.20. The quantitative estimate of drug-likeness (QED) is 0.725. The van der Waals surface area contributed by atoms with E-state index in [1.54, 1.807) is 23.1 Å². The molecular formula is C10H10N2S3. The Morgan fingerprint density at radius 1 is 1.47 bits per heavy atom. The number of thiazole rings is 1. The molecule has 0 aliphatic heterocycles. The van der Waals surface area contributed by atoms with Crippen molar-refractivity contribution in [3.05, 3.63) is 24.3 Å². The Bertz CT molecular complexity index is 459. The van der Waals surface area contributed by atoms with Crippen molar-refractivity contribution in [3.63, 3.8) is 0 Å². The second-order valence-corrected chi connectivity index (χ2v) is 5.44. The summed E-state index contributed by atoms with van der Waals surface area (Å²) in [4.78, 5) is 6.47. The van der Waals surface area contributed by atoms with Crippen molar-refractivity contribution < 1.29 is 0 Å². The minimum atomic E-state index is 0.842. The molecule has 0 amide bonds. The lowest BCUT2D eigenvalue weighted by molar-refractivity contribution is 1.27. The van der Waals surface area contributed by atoms with E-state index in [0.29, 0.717) is 0 Å². The van der Waals surface area contributed by atoms with Gasteiger partial charge in [0.25, 0.3) is 0 Å². The Morgan fingerprint density at radius 3 is 2.87 bits per heavy atom. The van der Waals surface area contributed by atoms with E-state index in [1.807, 2.05) is 36.4 Å². The van der Waals surface area contributed by atoms with E-state index < -0.39 is 0 Å². The fourth-order valence-electron chi connectivity index (χ4n) is 1.22. The molecule has 0 aliphatic carbocycles. The van der Waals surface area contributed by atoms with Crippen molar-refractivity contribution in [2.75, 3.05) is 18.2 Å². The number of para-hydroxylation sites is 1. The van der Waals surface area contributed by atoms with Crippen LogP contribution in [0.3, 0.4) is 0 Å². The van der Waals surface area contributed by atoms with Gasteiger partial charge in [0.15, 0.2) is 5.13 Å². The first-order valence-electron chi connectivity index (χ1n) is 4.39. The number of rotatable bonds is 1. The van der Waals surface area contributed by atoms with Gasteiger partial charge < -0.3 is 4.90 Å². The highest BCUT2D eigenvalue weighted by Crippen LogP contribution is 2.28. The Labute approximate surface area is 102 Å². The lowest BCUT2D eigenvalue weighted by atomic mass is 10.3. The van der Waals surface area contributed by atoms with Gasteiger partial charge in [0.05, 0.1) is 10.2 Å². The van der Waals surface area contributed by atoms with Gasteiger partial charge >= 0.3 is 0 Å². The van der Waals surface area contributed by atoms with Crippen molar-refractivity contribution >= 4 is 55.0 Å². The number of nitrogens with zero attached hydrogens (tertiary/aromatic N) is 2. The molecule has 0 N–H and O–H groups in total. The summed E-state index contributed by atoms with van der Waals surface area (Å²) in [5.74, 6) is 0. The molecule has 1 aromatic carbocycles. The van der Waals surface area contributed by atoms with Crippen molar-refractivity contribution in [3.8, 4) is 0 Å². The first-order chi connectivity index (χ1) is 7.22. The maximum atomic E-state index is 5.22. The molecule has 1 heterocycles. The third-order valence-electron chi connectivity index (χ3n) is 2.02. The van der Waals surface area contributed by atoms with E-state index in [2.05, 4.69) is 11.1 Å². The van der Waals surface area contributed by atoms with Crippen molar-refractivity contribution in [2.24, 2.45) is 0 Å². The zero-order chi connectivity index (χ0) is 10.8. The molecule has 1 aromatic heterocycles. The van der Waals surface area contributed by atoms with E-state index in [9.17, 15) is 0 Å². The third kappa shape index (κ3) is 2.14. The number of thiocarbonyl (C=S) groups is 1. The normalized spacial score (nSPS) is 10.5. The summed E-state index contributed by atoms with van der Waals surface area (Å²) in [6.45, 7) is 0. The van der Waals surface area contributed by atoms with Gasteiger partial charge in [-0.15, -0.1) is 0 Å². The van der Waals surface area contributed by atoms with Gasteiger partial charge in [0.1, 0.15) is 4.32 Å². The topological polar surface area (TPSA) is 16.1 Å². The first-order valence-corrected chi connectivity index (χ1v) is 6.84. The van der Waals surface area contributed by atoms with Crippen LogP contribution in [0.15, 0.2) is 24.3 Å². The summed E-state index contributed by atoms with van der Waals surface area (Å²) in [7, 11) is 1.95. The second kappa shape index (κ2) is 4.47. The second-order valence-electron chi connectivity index (χ2n) is 2.99. The zero-order valence-electron chi connectivity index (χ0n) is 8.43. The van der Waals surface area contributed by atoms with E-state index in [0.717, 1.165) is 15.0 Å². The number of thioether (sulfide) groups is 1. The third-order valence-corrected chi connectivity index (χ3v) is 4.53. The molecule has 0 unspecified atom stereocenters. The standard InChI is InChI=1S/C10H10N2S3/c1-12(10(13)14-2)9-11-7-5-3-4-6-8(7)15-9/h3-6H,1-2H3. The van der Waals surface area contributed by atoms with Crippen LogP contribution in [0.5, 0.6) is 0 Å². The molecule has 0 saturated carbocycles. The molecule has 78 valence electrons. The Morgan fingerprint density at radius 2 is 2.20 bits per heavy atom. The minimum absolute atomic E-state index is 0.842. The molecule has 0 fully saturated rings. The zero-order valence-corrected chi connectivity index (χ0v) is 10.9. The maximum Gasteiger partial charge on any atom is 0.191 e. The summed E-state index contributed by atoms with van der Waals surface area (Å²) in [5.41, 5.74) is 1.04. The van der Waals surface area contributed by atoms with Gasteiger partial charge in [-0.2, -0.15) is 0 Å². The molecule has 2 nitrogen and oxygen atoms in total. The SMILES string of the molecule is CSC(=S)N(C)c1nc2ccccc2s1. The molecule has 0 saturated heterocycles. The van der Waals surface area contributed by atoms with E-state index in [4.69, 9.17) is 12.2 Å². The molecule has 5 heteroatoms. The molecule has 15 heavy (non-hydrogen) atoms. The fourth-order valence-corrected chi connectivity index (χ4v) is 2.71. The van der Waals surface area contributed by atoms with Gasteiger partial charge in [-0.25, -0.2) is 4.98 Å². The highest BCUT2D eigenvalue weighted by atomic mass is 32.2. The lowest BCUT2D eigenvalue weighted by Gasteiger charge is -2.13. The molecule has 0 aliphatic rings. The summed E-state index contributed by atoms with van der Waals surface area (Å²) < 4.78 is 2.04. The minimum Gasteiger partial charge on any atom is -0.306 e. The Kier molecular flexibility index (Phi) is 3.23. The van der Waals surface area contributed by atoms with E-state index >= 15 is 0 Å². The van der Waals surface area contributed by atoms with E-state index in [1.165, 1.54) is 4.70 Å². The molecule has 0 spiro atoms. The van der Waals surface area contributed by atoms with Crippen LogP contribution in [0.2, 0.25) is 0 Å². The van der Waals surface area contributed by atoms with Gasteiger partial charge in [-0.3, -0.25) is 0 Å². The fraction of sp³-hybridized carbons (Fsp3) is 0.200. The van der Waals surface area contributed by atoms with Crippen LogP contribution in [0.25, 0.3) is 10.2 Å². The molecule has 0 radical (unpaired) electrons. The van der Waals surface area contributed by atoms with Crippen LogP contribution in [-0.4, -0.2) is 22.6 Å². The van der Waals surface area contributed by atoms with Gasteiger partial charge in [-0.05, 0) is 18.4 Å². The molecule has 2 aromatic rings. The highest BCUT2D eigenvalue weighted by Gasteiger charge is 2.10. The Hall–Kier alpha value is -0.650. The average molecular weight is 254 g/mol. The van der Waals surface area contributed by atoms with Crippen LogP contribution < -0.4 is 4.90 Å². The van der Waals surface area contributed by atoms with E-state index in [-0.39, 0.29) is 0 Å². The summed E-state index contributed by atoms with van der Waals surface area (Å²) >= 11 is 8.44. The first kappa shape index (κ1) is 10.9. The average Bonchev–Trinajstić information content (AvgIpc) is 2.70. The number of benzene rings is 1. The molecule has 0 bridgehead atoms. The summed E-state index contributed by atoms with van der Waals surface area (Å²) in [6, 6.07) is 8.12. The monoisotopic (exact) mass is 254 g/mol. The van der Waals surface area contributed by atoms with Crippen LogP contribution in [0.4, 0.5) is 5.13 Å². The highest BCUT2D eigenvalue weighted by molar-refractivity contribution is 8.22. The van der Waals surface area contributed by atoms with Crippen LogP contribution in [-0.2, 0) is 0 Å². The molecule has 2 rings (SSSR count). The smallest absolute Gasteiger partial charge is 0.191 e. The summed E-state index contributed by atoms with van der Waals surface area (Å²) in [5, 5.41) is 0.954. The number of aromatic nitrogens is 1. The Balaban J connectivity index is 2.40. The van der Waals surface area contributed by atoms with Crippen molar-refractivity contribution in [1.29, 1.82) is 0 Å². The molecule has 0 atom stereocenters. The summed E-state index contributed by atoms with van der Waals surface area (Å²) in [6.07, 6.45) is 1.98. The number of hydrogen-bond donors (Lipinski definition) is 0. The number of fused-ring (bicyclic) bond motifs is 1.